The summed E-state index contributed by atoms with van der Waals surface area (Å²) in [6.07, 6.45) is -2.35. The van der Waals surface area contributed by atoms with Gasteiger partial charge in [-0.3, -0.25) is 4.79 Å². The van der Waals surface area contributed by atoms with Gasteiger partial charge in [-0.25, -0.2) is 0 Å². The molecule has 152 valence electrons. The zero-order valence-corrected chi connectivity index (χ0v) is 14.8. The maximum atomic E-state index is 11.9. The molecule has 5 N–H and O–H groups in total. The van der Waals surface area contributed by atoms with E-state index in [1.54, 1.807) is 0 Å². The van der Waals surface area contributed by atoms with E-state index in [0.29, 0.717) is 5.92 Å². The highest BCUT2D eigenvalue weighted by atomic mass is 16.7. The van der Waals surface area contributed by atoms with E-state index in [2.05, 4.69) is 0 Å². The molecule has 0 aromatic carbocycles. The van der Waals surface area contributed by atoms with Crippen molar-refractivity contribution in [3.05, 3.63) is 0 Å². The predicted molar refractivity (Wildman–Crippen MR) is 87.9 cm³/mol. The van der Waals surface area contributed by atoms with Crippen LogP contribution in [-0.2, 0) is 19.0 Å². The number of ether oxygens (including phenoxy) is 3. The van der Waals surface area contributed by atoms with Crippen LogP contribution in [0.25, 0.3) is 0 Å². The van der Waals surface area contributed by atoms with Crippen molar-refractivity contribution < 1.29 is 44.5 Å². The van der Waals surface area contributed by atoms with E-state index >= 15 is 0 Å². The maximum Gasteiger partial charge on any atom is 0.305 e. The van der Waals surface area contributed by atoms with Crippen molar-refractivity contribution in [1.82, 2.24) is 0 Å². The molecule has 0 amide bonds. The topological polar surface area (TPSA) is 146 Å². The molecule has 1 aliphatic carbocycles. The Morgan fingerprint density at radius 2 is 1.69 bits per heavy atom. The quantitative estimate of drug-likeness (QED) is 0.308. The van der Waals surface area contributed by atoms with E-state index in [1.165, 1.54) is 12.8 Å². The zero-order chi connectivity index (χ0) is 19.1. The first-order valence-electron chi connectivity index (χ1n) is 9.18. The molecule has 9 heteroatoms. The molecule has 0 bridgehead atoms. The van der Waals surface area contributed by atoms with Crippen LogP contribution in [0, 0.1) is 5.92 Å². The molecule has 0 radical (unpaired) electrons. The molecular weight excluding hydrogens is 348 g/mol. The number of hydrogen-bond acceptors (Lipinski definition) is 9. The first-order chi connectivity index (χ1) is 12.5. The lowest BCUT2D eigenvalue weighted by Crippen LogP contribution is -2.60. The van der Waals surface area contributed by atoms with Crippen molar-refractivity contribution in [1.29, 1.82) is 0 Å². The number of carbonyl (C=O) groups is 1. The van der Waals surface area contributed by atoms with Gasteiger partial charge in [0.25, 0.3) is 0 Å². The van der Waals surface area contributed by atoms with Crippen LogP contribution in [0.3, 0.4) is 0 Å². The zero-order valence-electron chi connectivity index (χ0n) is 14.8. The average Bonchev–Trinajstić information content (AvgIpc) is 3.16. The van der Waals surface area contributed by atoms with E-state index in [9.17, 15) is 20.1 Å². The molecule has 2 aliphatic rings. The molecular formula is C17H30O9. The van der Waals surface area contributed by atoms with Crippen LogP contribution in [0.1, 0.15) is 38.5 Å². The Kier molecular flexibility index (Phi) is 8.68. The molecule has 26 heavy (non-hydrogen) atoms. The van der Waals surface area contributed by atoms with Crippen molar-refractivity contribution in [3.63, 3.8) is 0 Å². The van der Waals surface area contributed by atoms with Crippen LogP contribution in [-0.4, -0.2) is 88.1 Å². The monoisotopic (exact) mass is 378 g/mol. The Morgan fingerprint density at radius 1 is 1.04 bits per heavy atom. The highest BCUT2D eigenvalue weighted by Crippen LogP contribution is 2.29. The maximum absolute atomic E-state index is 11.9. The summed E-state index contributed by atoms with van der Waals surface area (Å²) in [5.74, 6) is 0.150. The fraction of sp³-hybridized carbons (Fsp3) is 0.941. The minimum Gasteiger partial charge on any atom is -0.463 e. The lowest BCUT2D eigenvalue weighted by molar-refractivity contribution is -0.315. The molecule has 1 saturated heterocycles. The van der Waals surface area contributed by atoms with E-state index < -0.39 is 56.0 Å². The van der Waals surface area contributed by atoms with E-state index in [-0.39, 0.29) is 13.0 Å². The average molecular weight is 378 g/mol. The predicted octanol–water partition coefficient (Wildman–Crippen LogP) is -1.32. The van der Waals surface area contributed by atoms with Crippen LogP contribution in [0.15, 0.2) is 0 Å². The van der Waals surface area contributed by atoms with Gasteiger partial charge < -0.3 is 39.7 Å². The number of rotatable bonds is 9. The number of esters is 1. The Bertz CT molecular complexity index is 422. The molecule has 0 unspecified atom stereocenters. The standard InChI is InChI=1S/C17H30O9/c18-7-11(8-19)25-17-16(23)15(22)14(21)12(26-17)9-24-13(20)6-5-10-3-1-2-4-10/h10-12,14-19,21-23H,1-9H2/t12-,14+,15+,16-,17-/m1/s1. The second-order valence-electron chi connectivity index (χ2n) is 7.01. The van der Waals surface area contributed by atoms with Gasteiger partial charge >= 0.3 is 5.97 Å². The van der Waals surface area contributed by atoms with Gasteiger partial charge in [0.05, 0.1) is 13.2 Å². The lowest BCUT2D eigenvalue weighted by Gasteiger charge is -2.40. The third kappa shape index (κ3) is 5.85. The molecule has 1 saturated carbocycles. The summed E-state index contributed by atoms with van der Waals surface area (Å²) in [4.78, 5) is 11.9. The minimum atomic E-state index is -1.58. The van der Waals surface area contributed by atoms with Crippen LogP contribution < -0.4 is 0 Å². The molecule has 1 aliphatic heterocycles. The summed E-state index contributed by atoms with van der Waals surface area (Å²) < 4.78 is 15.7. The van der Waals surface area contributed by atoms with Gasteiger partial charge in [-0.05, 0) is 12.3 Å². The van der Waals surface area contributed by atoms with Crippen molar-refractivity contribution in [2.45, 2.75) is 75.3 Å². The van der Waals surface area contributed by atoms with E-state index in [4.69, 9.17) is 24.4 Å². The minimum absolute atomic E-state index is 0.287. The van der Waals surface area contributed by atoms with Crippen LogP contribution >= 0.6 is 0 Å². The van der Waals surface area contributed by atoms with Gasteiger partial charge in [0.1, 0.15) is 37.1 Å². The fourth-order valence-electron chi connectivity index (χ4n) is 3.37. The number of aliphatic hydroxyl groups is 5. The summed E-state index contributed by atoms with van der Waals surface area (Å²) in [6.45, 7) is -1.32. The Hall–Kier alpha value is -0.810. The largest absolute Gasteiger partial charge is 0.463 e. The van der Waals surface area contributed by atoms with Gasteiger partial charge in [0.15, 0.2) is 6.29 Å². The molecule has 0 aromatic rings. The smallest absolute Gasteiger partial charge is 0.305 e. The molecule has 1 heterocycles. The third-order valence-electron chi connectivity index (χ3n) is 5.04. The van der Waals surface area contributed by atoms with Crippen molar-refractivity contribution in [2.75, 3.05) is 19.8 Å². The van der Waals surface area contributed by atoms with E-state index in [0.717, 1.165) is 19.3 Å². The van der Waals surface area contributed by atoms with Gasteiger partial charge in [0, 0.05) is 6.42 Å². The number of aliphatic hydroxyl groups excluding tert-OH is 5. The summed E-state index contributed by atoms with van der Waals surface area (Å²) in [7, 11) is 0. The highest BCUT2D eigenvalue weighted by molar-refractivity contribution is 5.69. The van der Waals surface area contributed by atoms with Gasteiger partial charge in [0.2, 0.25) is 0 Å². The lowest BCUT2D eigenvalue weighted by atomic mass is 9.99. The SMILES string of the molecule is O=C(CCC1CCCC1)OC[C@H]1O[C@@H](OC(CO)CO)[C@H](O)[C@@H](O)[C@H]1O. The fourth-order valence-corrected chi connectivity index (χ4v) is 3.37. The van der Waals surface area contributed by atoms with E-state index in [1.807, 2.05) is 0 Å². The molecule has 2 fully saturated rings. The number of hydrogen-bond donors (Lipinski definition) is 5. The summed E-state index contributed by atoms with van der Waals surface area (Å²) in [5.41, 5.74) is 0. The van der Waals surface area contributed by atoms with Gasteiger partial charge in [-0.15, -0.1) is 0 Å². The normalized spacial score (nSPS) is 32.9. The summed E-state index contributed by atoms with van der Waals surface area (Å²) in [6, 6.07) is 0. The molecule has 2 rings (SSSR count). The third-order valence-corrected chi connectivity index (χ3v) is 5.04. The summed E-state index contributed by atoms with van der Waals surface area (Å²) >= 11 is 0. The van der Waals surface area contributed by atoms with Crippen LogP contribution in [0.2, 0.25) is 0 Å². The second kappa shape index (κ2) is 10.5. The van der Waals surface area contributed by atoms with Crippen molar-refractivity contribution in [2.24, 2.45) is 5.92 Å². The van der Waals surface area contributed by atoms with Crippen LogP contribution in [0.4, 0.5) is 0 Å². The first-order valence-corrected chi connectivity index (χ1v) is 9.18. The first kappa shape index (κ1) is 21.5. The van der Waals surface area contributed by atoms with Crippen molar-refractivity contribution in [3.8, 4) is 0 Å². The Morgan fingerprint density at radius 3 is 2.31 bits per heavy atom. The van der Waals surface area contributed by atoms with Gasteiger partial charge in [-0.1, -0.05) is 25.7 Å². The number of carbonyl (C=O) groups excluding carboxylic acids is 1. The molecule has 9 nitrogen and oxygen atoms in total. The van der Waals surface area contributed by atoms with Crippen LogP contribution in [0.5, 0.6) is 0 Å². The summed E-state index contributed by atoms with van der Waals surface area (Å²) in [5, 5.41) is 48.0. The highest BCUT2D eigenvalue weighted by Gasteiger charge is 2.45. The Labute approximate surface area is 152 Å². The van der Waals surface area contributed by atoms with Gasteiger partial charge in [-0.2, -0.15) is 0 Å². The van der Waals surface area contributed by atoms with Crippen molar-refractivity contribution >= 4 is 5.97 Å². The Balaban J connectivity index is 1.81. The molecule has 0 spiro atoms. The second-order valence-corrected chi connectivity index (χ2v) is 7.01. The molecule has 0 aromatic heterocycles. The molecule has 5 atom stereocenters.